The molecule has 0 aliphatic heterocycles. The van der Waals surface area contributed by atoms with Gasteiger partial charge in [-0.1, -0.05) is 42.0 Å². The number of aryl methyl sites for hydroxylation is 1. The molecule has 1 fully saturated rings. The normalized spacial score (nSPS) is 20.1. The van der Waals surface area contributed by atoms with E-state index in [4.69, 9.17) is 4.89 Å². The molecule has 0 heterocycles. The lowest BCUT2D eigenvalue weighted by molar-refractivity contribution is -0.125. The number of anilines is 1. The summed E-state index contributed by atoms with van der Waals surface area (Å²) < 4.78 is 15.3. The lowest BCUT2D eigenvalue weighted by Crippen LogP contribution is -2.52. The van der Waals surface area contributed by atoms with Crippen molar-refractivity contribution in [3.05, 3.63) is 65.2 Å². The summed E-state index contributed by atoms with van der Waals surface area (Å²) in [5.41, 5.74) is 4.03. The topological polar surface area (TPSA) is 108 Å². The van der Waals surface area contributed by atoms with E-state index in [9.17, 15) is 14.2 Å². The van der Waals surface area contributed by atoms with Gasteiger partial charge in [-0.2, -0.15) is 0 Å². The standard InChI is InChI=1S/C27H36N3O5P/c1-20-5-4-6-22(17-20)18-27(30(2)3)15-13-24(14-16-27)29-26(32)12-11-25(31)28-23-9-7-21(8-10-23)19-35-36(33)34/h4-10,17,24H,11-16,18-19H2,1-3H3,(H2-,28,29,31,32,33,34)/p+1. The maximum Gasteiger partial charge on any atom is 0.695 e. The molecule has 0 radical (unpaired) electrons. The zero-order valence-corrected chi connectivity index (χ0v) is 22.2. The Morgan fingerprint density at radius 2 is 1.72 bits per heavy atom. The molecule has 0 saturated heterocycles. The lowest BCUT2D eigenvalue weighted by atomic mass is 9.74. The molecule has 1 saturated carbocycles. The number of rotatable bonds is 11. The molecule has 194 valence electrons. The monoisotopic (exact) mass is 514 g/mol. The van der Waals surface area contributed by atoms with Crippen molar-refractivity contribution in [2.24, 2.45) is 0 Å². The Bertz CT molecular complexity index is 1050. The van der Waals surface area contributed by atoms with Gasteiger partial charge in [-0.05, 0) is 76.4 Å². The van der Waals surface area contributed by atoms with E-state index in [1.54, 1.807) is 24.3 Å². The van der Waals surface area contributed by atoms with Crippen LogP contribution in [-0.2, 0) is 31.7 Å². The quantitative estimate of drug-likeness (QED) is 0.382. The van der Waals surface area contributed by atoms with Crippen molar-refractivity contribution >= 4 is 25.8 Å². The van der Waals surface area contributed by atoms with Crippen LogP contribution >= 0.6 is 8.25 Å². The number of nitrogens with one attached hydrogen (secondary N) is 2. The van der Waals surface area contributed by atoms with Gasteiger partial charge in [0.05, 0.1) is 0 Å². The molecule has 8 nitrogen and oxygen atoms in total. The molecule has 9 heteroatoms. The number of amides is 2. The molecule has 0 spiro atoms. The molecule has 2 aromatic rings. The molecule has 2 amide bonds. The molecule has 3 rings (SSSR count). The summed E-state index contributed by atoms with van der Waals surface area (Å²) in [6, 6.07) is 15.6. The van der Waals surface area contributed by atoms with Gasteiger partial charge in [0.1, 0.15) is 6.61 Å². The van der Waals surface area contributed by atoms with Crippen molar-refractivity contribution in [3.63, 3.8) is 0 Å². The summed E-state index contributed by atoms with van der Waals surface area (Å²) in [5.74, 6) is -0.335. The summed E-state index contributed by atoms with van der Waals surface area (Å²) in [4.78, 5) is 35.8. The maximum atomic E-state index is 12.5. The fourth-order valence-corrected chi connectivity index (χ4v) is 5.11. The van der Waals surface area contributed by atoms with Crippen LogP contribution in [0.4, 0.5) is 5.69 Å². The third-order valence-electron chi connectivity index (χ3n) is 7.00. The van der Waals surface area contributed by atoms with E-state index in [0.29, 0.717) is 5.69 Å². The SMILES string of the molecule is Cc1cccc(CC2(N(C)C)CCC(NC(=O)CCC(=O)Nc3ccc(CO[P+](=O)O)cc3)CC2)c1. The largest absolute Gasteiger partial charge is 0.695 e. The van der Waals surface area contributed by atoms with Crippen LogP contribution in [0.2, 0.25) is 0 Å². The van der Waals surface area contributed by atoms with Crippen LogP contribution in [0.5, 0.6) is 0 Å². The van der Waals surface area contributed by atoms with Crippen molar-refractivity contribution in [2.75, 3.05) is 19.4 Å². The average molecular weight is 515 g/mol. The number of likely N-dealkylation sites (N-methyl/N-ethyl adjacent to an activating group) is 1. The zero-order valence-electron chi connectivity index (χ0n) is 21.3. The first kappa shape index (κ1) is 27.9. The van der Waals surface area contributed by atoms with Crippen LogP contribution in [0, 0.1) is 6.92 Å². The highest BCUT2D eigenvalue weighted by Crippen LogP contribution is 2.35. The van der Waals surface area contributed by atoms with Crippen molar-refractivity contribution in [2.45, 2.75) is 70.1 Å². The van der Waals surface area contributed by atoms with Gasteiger partial charge in [0.2, 0.25) is 11.8 Å². The first-order chi connectivity index (χ1) is 17.1. The maximum absolute atomic E-state index is 12.5. The Hall–Kier alpha value is -2.64. The van der Waals surface area contributed by atoms with Crippen LogP contribution in [0.15, 0.2) is 48.5 Å². The molecule has 1 aliphatic rings. The van der Waals surface area contributed by atoms with Crippen molar-refractivity contribution in [1.82, 2.24) is 10.2 Å². The summed E-state index contributed by atoms with van der Waals surface area (Å²) >= 11 is 0. The lowest BCUT2D eigenvalue weighted by Gasteiger charge is -2.45. The first-order valence-electron chi connectivity index (χ1n) is 12.4. The van der Waals surface area contributed by atoms with Gasteiger partial charge in [0.25, 0.3) is 0 Å². The molecule has 2 aromatic carbocycles. The third kappa shape index (κ3) is 8.49. The zero-order chi connectivity index (χ0) is 26.1. The van der Waals surface area contributed by atoms with Crippen molar-refractivity contribution in [1.29, 1.82) is 0 Å². The van der Waals surface area contributed by atoms with Gasteiger partial charge < -0.3 is 15.5 Å². The average Bonchev–Trinajstić information content (AvgIpc) is 2.83. The van der Waals surface area contributed by atoms with Crippen molar-refractivity contribution in [3.8, 4) is 0 Å². The van der Waals surface area contributed by atoms with Crippen LogP contribution in [-0.4, -0.2) is 47.3 Å². The second kappa shape index (κ2) is 13.1. The van der Waals surface area contributed by atoms with Crippen LogP contribution in [0.1, 0.15) is 55.2 Å². The number of hydrogen-bond acceptors (Lipinski definition) is 5. The van der Waals surface area contributed by atoms with E-state index in [1.165, 1.54) is 11.1 Å². The number of carbonyl (C=O) groups excluding carboxylic acids is 2. The Kier molecular flexibility index (Phi) is 10.1. The van der Waals surface area contributed by atoms with E-state index < -0.39 is 8.25 Å². The van der Waals surface area contributed by atoms with E-state index in [0.717, 1.165) is 37.7 Å². The molecule has 0 aromatic heterocycles. The van der Waals surface area contributed by atoms with E-state index in [-0.39, 0.29) is 42.8 Å². The summed E-state index contributed by atoms with van der Waals surface area (Å²) in [7, 11) is 1.65. The first-order valence-corrected chi connectivity index (χ1v) is 13.5. The van der Waals surface area contributed by atoms with Gasteiger partial charge in [-0.15, -0.1) is 9.42 Å². The Labute approximate surface area is 214 Å². The predicted octanol–water partition coefficient (Wildman–Crippen LogP) is 4.48. The summed E-state index contributed by atoms with van der Waals surface area (Å²) in [6.45, 7) is 2.14. The smallest absolute Gasteiger partial charge is 0.353 e. The van der Waals surface area contributed by atoms with Crippen LogP contribution in [0.3, 0.4) is 0 Å². The van der Waals surface area contributed by atoms with Gasteiger partial charge in [0, 0.05) is 34.7 Å². The number of nitrogens with zero attached hydrogens (tertiary/aromatic N) is 1. The molecular formula is C27H37N3O5P+. The molecule has 0 bridgehead atoms. The minimum absolute atomic E-state index is 0.0167. The predicted molar refractivity (Wildman–Crippen MR) is 141 cm³/mol. The highest BCUT2D eigenvalue weighted by atomic mass is 31.1. The molecule has 1 unspecified atom stereocenters. The van der Waals surface area contributed by atoms with E-state index >= 15 is 0 Å². The fraction of sp³-hybridized carbons (Fsp3) is 0.481. The third-order valence-corrected chi connectivity index (χ3v) is 7.35. The molecule has 1 aliphatic carbocycles. The molecular weight excluding hydrogens is 477 g/mol. The van der Waals surface area contributed by atoms with Crippen molar-refractivity contribution < 1.29 is 23.6 Å². The summed E-state index contributed by atoms with van der Waals surface area (Å²) in [6.07, 6.45) is 5.09. The molecule has 3 N–H and O–H groups in total. The Morgan fingerprint density at radius 3 is 2.33 bits per heavy atom. The second-order valence-corrected chi connectivity index (χ2v) is 10.6. The van der Waals surface area contributed by atoms with Gasteiger partial charge in [0.15, 0.2) is 0 Å². The minimum atomic E-state index is -2.64. The van der Waals surface area contributed by atoms with Crippen LogP contribution in [0.25, 0.3) is 0 Å². The Morgan fingerprint density at radius 1 is 1.06 bits per heavy atom. The fourth-order valence-electron chi connectivity index (χ4n) is 4.85. The number of carbonyl (C=O) groups is 2. The Balaban J connectivity index is 1.41. The minimum Gasteiger partial charge on any atom is -0.353 e. The van der Waals surface area contributed by atoms with Gasteiger partial charge >= 0.3 is 8.25 Å². The highest BCUT2D eigenvalue weighted by Gasteiger charge is 2.37. The van der Waals surface area contributed by atoms with Gasteiger partial charge in [-0.3, -0.25) is 9.59 Å². The summed E-state index contributed by atoms with van der Waals surface area (Å²) in [5, 5.41) is 5.89. The highest BCUT2D eigenvalue weighted by molar-refractivity contribution is 7.32. The number of hydrogen-bond donors (Lipinski definition) is 3. The number of benzene rings is 2. The molecule has 1 atom stereocenters. The molecule has 36 heavy (non-hydrogen) atoms. The van der Waals surface area contributed by atoms with E-state index in [1.807, 2.05) is 0 Å². The van der Waals surface area contributed by atoms with Crippen LogP contribution < -0.4 is 10.6 Å². The van der Waals surface area contributed by atoms with E-state index in [2.05, 4.69) is 65.3 Å². The van der Waals surface area contributed by atoms with Gasteiger partial charge in [-0.25, -0.2) is 0 Å². The second-order valence-electron chi connectivity index (χ2n) is 9.88.